The summed E-state index contributed by atoms with van der Waals surface area (Å²) in [5, 5.41) is 0. The maximum Gasteiger partial charge on any atom is 0.306 e. The molecule has 0 saturated heterocycles. The van der Waals surface area contributed by atoms with E-state index >= 15 is 0 Å². The van der Waals surface area contributed by atoms with Crippen LogP contribution < -0.4 is 0 Å². The zero-order valence-corrected chi connectivity index (χ0v) is 43.8. The van der Waals surface area contributed by atoms with Gasteiger partial charge in [-0.25, -0.2) is 0 Å². The van der Waals surface area contributed by atoms with E-state index in [1.165, 1.54) is 51.4 Å². The molecule has 0 spiro atoms. The van der Waals surface area contributed by atoms with Gasteiger partial charge in [-0.05, 0) is 89.9 Å². The zero-order valence-electron chi connectivity index (χ0n) is 43.8. The molecule has 0 aromatic carbocycles. The van der Waals surface area contributed by atoms with Crippen molar-refractivity contribution in [2.75, 3.05) is 13.2 Å². The molecule has 6 nitrogen and oxygen atoms in total. The van der Waals surface area contributed by atoms with Crippen molar-refractivity contribution in [2.24, 2.45) is 0 Å². The van der Waals surface area contributed by atoms with Crippen molar-refractivity contribution in [1.82, 2.24) is 0 Å². The molecule has 0 aliphatic rings. The van der Waals surface area contributed by atoms with Gasteiger partial charge in [0.25, 0.3) is 0 Å². The van der Waals surface area contributed by atoms with Crippen LogP contribution >= 0.6 is 0 Å². The maximum absolute atomic E-state index is 12.8. The Morgan fingerprint density at radius 2 is 0.623 bits per heavy atom. The van der Waals surface area contributed by atoms with E-state index in [1.807, 2.05) is 97.2 Å². The predicted octanol–water partition coefficient (Wildman–Crippen LogP) is 18.2. The van der Waals surface area contributed by atoms with Crippen LogP contribution in [0.25, 0.3) is 0 Å². The van der Waals surface area contributed by atoms with Crippen molar-refractivity contribution >= 4 is 17.9 Å². The smallest absolute Gasteiger partial charge is 0.306 e. The Labute approximate surface area is 422 Å². The Morgan fingerprint density at radius 3 is 1.01 bits per heavy atom. The third-order valence-corrected chi connectivity index (χ3v) is 10.8. The van der Waals surface area contributed by atoms with Gasteiger partial charge in [-0.3, -0.25) is 14.4 Å². The van der Waals surface area contributed by atoms with Crippen LogP contribution in [0.4, 0.5) is 0 Å². The van der Waals surface area contributed by atoms with Gasteiger partial charge in [-0.2, -0.15) is 0 Å². The molecule has 0 saturated carbocycles. The summed E-state index contributed by atoms with van der Waals surface area (Å²) in [7, 11) is 0. The van der Waals surface area contributed by atoms with Crippen LogP contribution in [0.1, 0.15) is 201 Å². The van der Waals surface area contributed by atoms with E-state index in [9.17, 15) is 14.4 Å². The van der Waals surface area contributed by atoms with Crippen LogP contribution in [0, 0.1) is 0 Å². The number of hydrogen-bond acceptors (Lipinski definition) is 6. The molecule has 1 atom stereocenters. The second-order valence-corrected chi connectivity index (χ2v) is 17.3. The summed E-state index contributed by atoms with van der Waals surface area (Å²) < 4.78 is 16.8. The van der Waals surface area contributed by atoms with E-state index in [1.54, 1.807) is 0 Å². The molecule has 0 rings (SSSR count). The lowest BCUT2D eigenvalue weighted by Gasteiger charge is -2.18. The van der Waals surface area contributed by atoms with E-state index in [2.05, 4.69) is 81.5 Å². The highest BCUT2D eigenvalue weighted by Gasteiger charge is 2.19. The monoisotopic (exact) mass is 949 g/mol. The lowest BCUT2D eigenvalue weighted by molar-refractivity contribution is -0.167. The summed E-state index contributed by atoms with van der Waals surface area (Å²) in [6, 6.07) is 0. The SMILES string of the molecule is CC\C=C/C=C\C=C/C=C\C=C\C=C/C=C\CCCCCC(=O)OCC(COC(=O)CCCCCCC\C=C/C=C\C=C/C=C\CC)OC(=O)CCCCCCCCC/C=C\C/C=C\CCCCC. The number of hydrogen-bond donors (Lipinski definition) is 0. The molecule has 0 amide bonds. The van der Waals surface area contributed by atoms with E-state index in [-0.39, 0.29) is 31.1 Å². The van der Waals surface area contributed by atoms with Gasteiger partial charge in [0.15, 0.2) is 6.10 Å². The Morgan fingerprint density at radius 1 is 0.319 bits per heavy atom. The minimum Gasteiger partial charge on any atom is -0.462 e. The van der Waals surface area contributed by atoms with Gasteiger partial charge in [0, 0.05) is 19.3 Å². The summed E-state index contributed by atoms with van der Waals surface area (Å²) in [4.78, 5) is 38.1. The molecule has 0 bridgehead atoms. The highest BCUT2D eigenvalue weighted by molar-refractivity contribution is 5.71. The average molecular weight is 949 g/mol. The number of rotatable bonds is 46. The van der Waals surface area contributed by atoms with Gasteiger partial charge in [0.1, 0.15) is 13.2 Å². The highest BCUT2D eigenvalue weighted by atomic mass is 16.6. The summed E-state index contributed by atoms with van der Waals surface area (Å²) in [5.41, 5.74) is 0. The Balaban J connectivity index is 4.58. The minimum atomic E-state index is -0.820. The minimum absolute atomic E-state index is 0.116. The van der Waals surface area contributed by atoms with Crippen LogP contribution in [0.3, 0.4) is 0 Å². The number of allylic oxidation sites excluding steroid dienone is 26. The second kappa shape index (κ2) is 55.6. The third kappa shape index (κ3) is 53.8. The first kappa shape index (κ1) is 64.0. The van der Waals surface area contributed by atoms with Crippen LogP contribution in [0.15, 0.2) is 158 Å². The molecule has 1 unspecified atom stereocenters. The molecular weight excluding hydrogens is 853 g/mol. The van der Waals surface area contributed by atoms with Crippen LogP contribution in [-0.4, -0.2) is 37.2 Å². The fraction of sp³-hybridized carbons (Fsp3) is 0.540. The summed E-state index contributed by atoms with van der Waals surface area (Å²) >= 11 is 0. The quantitative estimate of drug-likeness (QED) is 0.0199. The Bertz CT molecular complexity index is 1610. The highest BCUT2D eigenvalue weighted by Crippen LogP contribution is 2.13. The standard InChI is InChI=1S/C63H96O6/c1-4-7-10-13-16-19-22-25-28-30-31-33-35-38-41-44-47-50-53-56-62(65)68-59-60(58-67-61(64)55-52-49-46-43-40-37-34-27-24-21-18-15-12-9-6-3)69-63(66)57-54-51-48-45-42-39-36-32-29-26-23-20-17-14-11-8-5-2/h7,9-10,12-13,15-22,24-31,33-35,38,41,60H,4-6,8,11,14,23,32,36-37,39-40,42-59H2,1-3H3/b10-7-,12-9-,16-13-,18-15-,20-17-,22-19-,24-21-,28-25-,29-26-,31-30+,34-27-,35-33-,41-38-. The second-order valence-electron chi connectivity index (χ2n) is 17.3. The summed E-state index contributed by atoms with van der Waals surface area (Å²) in [6.45, 7) is 6.24. The molecular formula is C63H96O6. The van der Waals surface area contributed by atoms with Gasteiger partial charge in [-0.1, -0.05) is 249 Å². The van der Waals surface area contributed by atoms with E-state index < -0.39 is 6.10 Å². The molecule has 0 heterocycles. The van der Waals surface area contributed by atoms with Gasteiger partial charge in [0.05, 0.1) is 0 Å². The lowest BCUT2D eigenvalue weighted by Crippen LogP contribution is -2.30. The van der Waals surface area contributed by atoms with Gasteiger partial charge in [0.2, 0.25) is 0 Å². The van der Waals surface area contributed by atoms with E-state index in [0.29, 0.717) is 25.7 Å². The van der Waals surface area contributed by atoms with Crippen LogP contribution in [-0.2, 0) is 28.6 Å². The Kier molecular flexibility index (Phi) is 51.6. The molecule has 0 fully saturated rings. The van der Waals surface area contributed by atoms with Crippen molar-refractivity contribution in [3.05, 3.63) is 158 Å². The normalized spacial score (nSPS) is 13.4. The number of esters is 3. The fourth-order valence-corrected chi connectivity index (χ4v) is 6.76. The number of carbonyl (C=O) groups is 3. The summed E-state index contributed by atoms with van der Waals surface area (Å²) in [5.74, 6) is -1.00. The van der Waals surface area contributed by atoms with Gasteiger partial charge >= 0.3 is 17.9 Å². The van der Waals surface area contributed by atoms with Crippen molar-refractivity contribution < 1.29 is 28.6 Å². The first-order valence-corrected chi connectivity index (χ1v) is 27.1. The fourth-order valence-electron chi connectivity index (χ4n) is 6.76. The van der Waals surface area contributed by atoms with Crippen molar-refractivity contribution in [3.63, 3.8) is 0 Å². The Hall–Kier alpha value is -4.97. The number of unbranched alkanes of at least 4 members (excludes halogenated alkanes) is 18. The topological polar surface area (TPSA) is 78.9 Å². The molecule has 384 valence electrons. The van der Waals surface area contributed by atoms with E-state index in [4.69, 9.17) is 14.2 Å². The first-order valence-electron chi connectivity index (χ1n) is 27.1. The number of carbonyl (C=O) groups excluding carboxylic acids is 3. The van der Waals surface area contributed by atoms with Crippen LogP contribution in [0.5, 0.6) is 0 Å². The average Bonchev–Trinajstić information content (AvgIpc) is 3.35. The molecule has 6 heteroatoms. The van der Waals surface area contributed by atoms with Crippen LogP contribution in [0.2, 0.25) is 0 Å². The van der Waals surface area contributed by atoms with Gasteiger partial charge in [-0.15, -0.1) is 0 Å². The largest absolute Gasteiger partial charge is 0.462 e. The maximum atomic E-state index is 12.8. The van der Waals surface area contributed by atoms with Gasteiger partial charge < -0.3 is 14.2 Å². The zero-order chi connectivity index (χ0) is 50.0. The predicted molar refractivity (Wildman–Crippen MR) is 297 cm³/mol. The van der Waals surface area contributed by atoms with Crippen molar-refractivity contribution in [2.45, 2.75) is 207 Å². The first-order chi connectivity index (χ1) is 34.0. The molecule has 0 aromatic rings. The number of ether oxygens (including phenoxy) is 3. The summed E-state index contributed by atoms with van der Waals surface area (Å²) in [6.07, 6.45) is 80.7. The molecule has 0 radical (unpaired) electrons. The van der Waals surface area contributed by atoms with Crippen molar-refractivity contribution in [3.8, 4) is 0 Å². The van der Waals surface area contributed by atoms with E-state index in [0.717, 1.165) is 103 Å². The third-order valence-electron chi connectivity index (χ3n) is 10.8. The molecule has 0 aliphatic carbocycles. The molecule has 0 N–H and O–H groups in total. The molecule has 69 heavy (non-hydrogen) atoms. The van der Waals surface area contributed by atoms with Crippen molar-refractivity contribution in [1.29, 1.82) is 0 Å². The molecule has 0 aromatic heterocycles. The molecule has 0 aliphatic heterocycles. The lowest BCUT2D eigenvalue weighted by atomic mass is 10.1.